The minimum atomic E-state index is -1.04. The number of carboxylic acid groups (broad SMARTS) is 1. The molecule has 0 aliphatic rings. The summed E-state index contributed by atoms with van der Waals surface area (Å²) in [5, 5.41) is 11.4. The van der Waals surface area contributed by atoms with Gasteiger partial charge in [0.25, 0.3) is 5.91 Å². The minimum absolute atomic E-state index is 0.0608. The predicted octanol–water partition coefficient (Wildman–Crippen LogP) is 1.53. The summed E-state index contributed by atoms with van der Waals surface area (Å²) in [6.45, 7) is 5.43. The molecule has 0 aromatic heterocycles. The van der Waals surface area contributed by atoms with E-state index in [1.54, 1.807) is 33.1 Å². The molecule has 1 aromatic carbocycles. The third-order valence-electron chi connectivity index (χ3n) is 3.01. The Morgan fingerprint density at radius 2 is 1.86 bits per heavy atom. The molecular weight excluding hydrogens is 274 g/mol. The molecule has 1 aromatic rings. The summed E-state index contributed by atoms with van der Waals surface area (Å²) in [4.78, 5) is 22.6. The van der Waals surface area contributed by atoms with E-state index >= 15 is 0 Å². The van der Waals surface area contributed by atoms with Gasteiger partial charge in [0.1, 0.15) is 5.75 Å². The molecule has 6 nitrogen and oxygen atoms in total. The fourth-order valence-electron chi connectivity index (χ4n) is 1.86. The summed E-state index contributed by atoms with van der Waals surface area (Å²) in [6.07, 6.45) is -0.0608. The number of aliphatic carboxylic acids is 1. The SMILES string of the molecule is COC(C)CNC(=O)c1cc(C)c(OCC(=O)O)c(C)c1. The highest BCUT2D eigenvalue weighted by atomic mass is 16.5. The molecule has 1 unspecified atom stereocenters. The number of nitrogens with one attached hydrogen (secondary N) is 1. The van der Waals surface area contributed by atoms with Crippen molar-refractivity contribution in [1.82, 2.24) is 5.32 Å². The molecule has 1 amide bonds. The van der Waals surface area contributed by atoms with Gasteiger partial charge in [0.15, 0.2) is 6.61 Å². The number of hydrogen-bond donors (Lipinski definition) is 2. The smallest absolute Gasteiger partial charge is 0.341 e. The zero-order valence-electron chi connectivity index (χ0n) is 12.7. The first-order valence-electron chi connectivity index (χ1n) is 6.62. The zero-order chi connectivity index (χ0) is 16.0. The van der Waals surface area contributed by atoms with Crippen LogP contribution in [0.15, 0.2) is 12.1 Å². The fraction of sp³-hybridized carbons (Fsp3) is 0.467. The first kappa shape index (κ1) is 17.0. The third-order valence-corrected chi connectivity index (χ3v) is 3.01. The average Bonchev–Trinajstić information content (AvgIpc) is 2.42. The first-order valence-corrected chi connectivity index (χ1v) is 6.62. The van der Waals surface area contributed by atoms with Crippen LogP contribution in [0.1, 0.15) is 28.4 Å². The Kier molecular flexibility index (Phi) is 6.17. The van der Waals surface area contributed by atoms with E-state index in [0.29, 0.717) is 17.9 Å². The molecule has 1 rings (SSSR count). The van der Waals surface area contributed by atoms with Gasteiger partial charge < -0.3 is 19.9 Å². The van der Waals surface area contributed by atoms with Crippen LogP contribution in [0.3, 0.4) is 0 Å². The van der Waals surface area contributed by atoms with Crippen molar-refractivity contribution >= 4 is 11.9 Å². The van der Waals surface area contributed by atoms with Gasteiger partial charge in [-0.05, 0) is 44.0 Å². The number of rotatable bonds is 7. The topological polar surface area (TPSA) is 84.9 Å². The second-order valence-corrected chi connectivity index (χ2v) is 4.88. The molecular formula is C15H21NO5. The number of aryl methyl sites for hydroxylation is 2. The third kappa shape index (κ3) is 5.07. The van der Waals surface area contributed by atoms with Crippen LogP contribution < -0.4 is 10.1 Å². The van der Waals surface area contributed by atoms with Gasteiger partial charge in [-0.2, -0.15) is 0 Å². The highest BCUT2D eigenvalue weighted by molar-refractivity contribution is 5.94. The van der Waals surface area contributed by atoms with Crippen molar-refractivity contribution in [3.05, 3.63) is 28.8 Å². The van der Waals surface area contributed by atoms with Gasteiger partial charge in [0.05, 0.1) is 6.10 Å². The fourth-order valence-corrected chi connectivity index (χ4v) is 1.86. The number of benzene rings is 1. The van der Waals surface area contributed by atoms with Gasteiger partial charge in [-0.3, -0.25) is 4.79 Å². The van der Waals surface area contributed by atoms with Crippen LogP contribution in [0.2, 0.25) is 0 Å². The van der Waals surface area contributed by atoms with E-state index in [1.165, 1.54) is 0 Å². The molecule has 1 atom stereocenters. The Labute approximate surface area is 124 Å². The summed E-state index contributed by atoms with van der Waals surface area (Å²) >= 11 is 0. The van der Waals surface area contributed by atoms with Crippen LogP contribution in [0.5, 0.6) is 5.75 Å². The van der Waals surface area contributed by atoms with Gasteiger partial charge in [0, 0.05) is 19.2 Å². The number of hydrogen-bond acceptors (Lipinski definition) is 4. The van der Waals surface area contributed by atoms with Crippen LogP contribution in [0.25, 0.3) is 0 Å². The van der Waals surface area contributed by atoms with E-state index in [2.05, 4.69) is 5.32 Å². The van der Waals surface area contributed by atoms with E-state index in [9.17, 15) is 9.59 Å². The summed E-state index contributed by atoms with van der Waals surface area (Å²) in [5.74, 6) is -0.738. The lowest BCUT2D eigenvalue weighted by Crippen LogP contribution is -2.31. The van der Waals surface area contributed by atoms with Crippen LogP contribution >= 0.6 is 0 Å². The predicted molar refractivity (Wildman–Crippen MR) is 77.9 cm³/mol. The molecule has 0 heterocycles. The lowest BCUT2D eigenvalue weighted by molar-refractivity contribution is -0.139. The van der Waals surface area contributed by atoms with E-state index in [1.807, 2.05) is 6.92 Å². The number of methoxy groups -OCH3 is 1. The highest BCUT2D eigenvalue weighted by Crippen LogP contribution is 2.24. The molecule has 0 saturated heterocycles. The number of carbonyl (C=O) groups is 2. The van der Waals surface area contributed by atoms with Crippen molar-refractivity contribution < 1.29 is 24.2 Å². The second kappa shape index (κ2) is 7.64. The molecule has 0 aliphatic carbocycles. The van der Waals surface area contributed by atoms with Crippen molar-refractivity contribution in [1.29, 1.82) is 0 Å². The molecule has 0 radical (unpaired) electrons. The Bertz CT molecular complexity index is 504. The Morgan fingerprint density at radius 1 is 1.29 bits per heavy atom. The Morgan fingerprint density at radius 3 is 2.33 bits per heavy atom. The maximum absolute atomic E-state index is 12.0. The van der Waals surface area contributed by atoms with Gasteiger partial charge in [-0.1, -0.05) is 0 Å². The minimum Gasteiger partial charge on any atom is -0.481 e. The van der Waals surface area contributed by atoms with E-state index in [4.69, 9.17) is 14.6 Å². The molecule has 0 spiro atoms. The quantitative estimate of drug-likeness (QED) is 0.797. The number of amides is 1. The summed E-state index contributed by atoms with van der Waals surface area (Å²) < 4.78 is 10.3. The number of carboxylic acids is 1. The van der Waals surface area contributed by atoms with Gasteiger partial charge in [0.2, 0.25) is 0 Å². The van der Waals surface area contributed by atoms with Crippen LogP contribution in [-0.4, -0.2) is 43.3 Å². The summed E-state index contributed by atoms with van der Waals surface area (Å²) in [5.41, 5.74) is 1.96. The van der Waals surface area contributed by atoms with E-state index < -0.39 is 12.6 Å². The zero-order valence-corrected chi connectivity index (χ0v) is 12.7. The maximum atomic E-state index is 12.0. The molecule has 0 saturated carbocycles. The Hall–Kier alpha value is -2.08. The average molecular weight is 295 g/mol. The normalized spacial score (nSPS) is 11.8. The van der Waals surface area contributed by atoms with Crippen LogP contribution in [0.4, 0.5) is 0 Å². The molecule has 0 bridgehead atoms. The lowest BCUT2D eigenvalue weighted by Gasteiger charge is -2.14. The van der Waals surface area contributed by atoms with Crippen molar-refractivity contribution in [3.8, 4) is 5.75 Å². The first-order chi connectivity index (χ1) is 9.85. The molecule has 21 heavy (non-hydrogen) atoms. The van der Waals surface area contributed by atoms with E-state index in [0.717, 1.165) is 11.1 Å². The number of ether oxygens (including phenoxy) is 2. The highest BCUT2D eigenvalue weighted by Gasteiger charge is 2.13. The van der Waals surface area contributed by atoms with E-state index in [-0.39, 0.29) is 12.0 Å². The van der Waals surface area contributed by atoms with Gasteiger partial charge in [-0.15, -0.1) is 0 Å². The maximum Gasteiger partial charge on any atom is 0.341 e. The van der Waals surface area contributed by atoms with Crippen LogP contribution in [-0.2, 0) is 9.53 Å². The van der Waals surface area contributed by atoms with Gasteiger partial charge >= 0.3 is 5.97 Å². The second-order valence-electron chi connectivity index (χ2n) is 4.88. The van der Waals surface area contributed by atoms with Crippen molar-refractivity contribution in [2.24, 2.45) is 0 Å². The molecule has 0 fully saturated rings. The van der Waals surface area contributed by atoms with Crippen LogP contribution in [0, 0.1) is 13.8 Å². The molecule has 6 heteroatoms. The van der Waals surface area contributed by atoms with Crippen molar-refractivity contribution in [2.75, 3.05) is 20.3 Å². The Balaban J connectivity index is 2.82. The van der Waals surface area contributed by atoms with Gasteiger partial charge in [-0.25, -0.2) is 4.79 Å². The monoisotopic (exact) mass is 295 g/mol. The van der Waals surface area contributed by atoms with Crippen molar-refractivity contribution in [3.63, 3.8) is 0 Å². The van der Waals surface area contributed by atoms with Crippen molar-refractivity contribution in [2.45, 2.75) is 26.9 Å². The molecule has 2 N–H and O–H groups in total. The summed E-state index contributed by atoms with van der Waals surface area (Å²) in [6, 6.07) is 3.36. The largest absolute Gasteiger partial charge is 0.481 e. The standard InChI is InChI=1S/C15H21NO5/c1-9-5-12(15(19)16-7-11(3)20-4)6-10(2)14(9)21-8-13(17)18/h5-6,11H,7-8H2,1-4H3,(H,16,19)(H,17,18). The summed E-state index contributed by atoms with van der Waals surface area (Å²) in [7, 11) is 1.58. The molecule has 116 valence electrons. The lowest BCUT2D eigenvalue weighted by atomic mass is 10.1. The molecule has 0 aliphatic heterocycles. The number of carbonyl (C=O) groups excluding carboxylic acids is 1.